The number of hydrogen-bond donors (Lipinski definition) is 0. The van der Waals surface area contributed by atoms with Gasteiger partial charge < -0.3 is 14.2 Å². The molecule has 0 radical (unpaired) electrons. The molecule has 68 heavy (non-hydrogen) atoms. The van der Waals surface area contributed by atoms with E-state index in [-0.39, 0.29) is 31.1 Å². The molecule has 0 aromatic carbocycles. The zero-order valence-corrected chi connectivity index (χ0v) is 45.4. The second-order valence-corrected chi connectivity index (χ2v) is 19.9. The topological polar surface area (TPSA) is 78.9 Å². The van der Waals surface area contributed by atoms with E-state index < -0.39 is 6.10 Å². The van der Waals surface area contributed by atoms with Gasteiger partial charge in [0.15, 0.2) is 6.10 Å². The number of carbonyl (C=O) groups excluding carboxylic acids is 3. The molecule has 396 valence electrons. The van der Waals surface area contributed by atoms with Crippen LogP contribution in [0.25, 0.3) is 0 Å². The van der Waals surface area contributed by atoms with Gasteiger partial charge in [0.2, 0.25) is 0 Å². The van der Waals surface area contributed by atoms with Crippen molar-refractivity contribution >= 4 is 17.9 Å². The molecule has 6 heteroatoms. The molecule has 0 rings (SSSR count). The molecule has 0 aromatic heterocycles. The predicted molar refractivity (Wildman–Crippen MR) is 293 cm³/mol. The largest absolute Gasteiger partial charge is 0.462 e. The fraction of sp³-hybridized carbons (Fsp3) is 0.823. The van der Waals surface area contributed by atoms with Crippen molar-refractivity contribution in [2.24, 2.45) is 0 Å². The number of allylic oxidation sites excluding steroid dienone is 8. The quantitative estimate of drug-likeness (QED) is 0.0262. The van der Waals surface area contributed by atoms with Crippen molar-refractivity contribution < 1.29 is 28.6 Å². The molecular formula is C62H112O6. The van der Waals surface area contributed by atoms with Crippen molar-refractivity contribution in [2.45, 2.75) is 316 Å². The standard InChI is InChI=1S/C62H112O6/c1-4-7-10-13-16-19-22-25-28-30-32-34-37-40-43-46-49-52-55-61(64)67-58-59(57-66-60(63)54-51-48-45-42-39-36-33-27-24-21-18-15-12-9-6-3)68-62(65)56-53-50-47-44-41-38-35-31-29-26-23-20-17-14-11-8-5-2/h18,21,26-30,33,59H,4-17,19-20,22-25,31-32,34-58H2,1-3H3/b21-18-,29-26-,30-28-,33-27-. The van der Waals surface area contributed by atoms with Crippen LogP contribution in [0.2, 0.25) is 0 Å². The van der Waals surface area contributed by atoms with E-state index in [1.165, 1.54) is 193 Å². The van der Waals surface area contributed by atoms with E-state index in [1.54, 1.807) is 0 Å². The van der Waals surface area contributed by atoms with Gasteiger partial charge >= 0.3 is 17.9 Å². The first-order chi connectivity index (χ1) is 33.5. The molecule has 1 atom stereocenters. The lowest BCUT2D eigenvalue weighted by Crippen LogP contribution is -2.30. The lowest BCUT2D eigenvalue weighted by Gasteiger charge is -2.18. The molecule has 0 amide bonds. The van der Waals surface area contributed by atoms with Crippen LogP contribution in [-0.4, -0.2) is 37.2 Å². The van der Waals surface area contributed by atoms with E-state index in [9.17, 15) is 14.4 Å². The van der Waals surface area contributed by atoms with Crippen LogP contribution in [0.5, 0.6) is 0 Å². The molecule has 0 aliphatic carbocycles. The second-order valence-electron chi connectivity index (χ2n) is 19.9. The summed E-state index contributed by atoms with van der Waals surface area (Å²) in [5.74, 6) is -0.888. The maximum atomic E-state index is 12.9. The number of unbranched alkanes of at least 4 members (excludes halogenated alkanes) is 35. The molecule has 0 aliphatic rings. The molecule has 0 N–H and O–H groups in total. The maximum Gasteiger partial charge on any atom is 0.306 e. The molecule has 0 heterocycles. The Morgan fingerprint density at radius 2 is 0.529 bits per heavy atom. The second kappa shape index (κ2) is 57.0. The average molecular weight is 954 g/mol. The van der Waals surface area contributed by atoms with Gasteiger partial charge in [-0.2, -0.15) is 0 Å². The molecule has 0 spiro atoms. The van der Waals surface area contributed by atoms with Gasteiger partial charge in [0.1, 0.15) is 13.2 Å². The summed E-state index contributed by atoms with van der Waals surface area (Å²) in [6.07, 6.45) is 69.5. The smallest absolute Gasteiger partial charge is 0.306 e. The van der Waals surface area contributed by atoms with Crippen LogP contribution in [0, 0.1) is 0 Å². The molecule has 0 aliphatic heterocycles. The molecular weight excluding hydrogens is 841 g/mol. The molecule has 0 saturated carbocycles. The van der Waals surface area contributed by atoms with E-state index in [0.29, 0.717) is 19.3 Å². The van der Waals surface area contributed by atoms with E-state index in [1.807, 2.05) is 0 Å². The van der Waals surface area contributed by atoms with Gasteiger partial charge in [-0.15, -0.1) is 0 Å². The minimum Gasteiger partial charge on any atom is -0.462 e. The Labute approximate surface area is 422 Å². The third-order valence-electron chi connectivity index (χ3n) is 13.0. The van der Waals surface area contributed by atoms with E-state index >= 15 is 0 Å². The first-order valence-corrected chi connectivity index (χ1v) is 29.6. The zero-order chi connectivity index (χ0) is 49.3. The van der Waals surface area contributed by atoms with Crippen molar-refractivity contribution in [3.8, 4) is 0 Å². The van der Waals surface area contributed by atoms with Gasteiger partial charge in [0.25, 0.3) is 0 Å². The molecule has 6 nitrogen and oxygen atoms in total. The number of carbonyl (C=O) groups is 3. The first-order valence-electron chi connectivity index (χ1n) is 29.6. The lowest BCUT2D eigenvalue weighted by molar-refractivity contribution is -0.167. The highest BCUT2D eigenvalue weighted by atomic mass is 16.6. The third-order valence-corrected chi connectivity index (χ3v) is 13.0. The Morgan fingerprint density at radius 1 is 0.294 bits per heavy atom. The third kappa shape index (κ3) is 54.3. The Morgan fingerprint density at radius 3 is 0.853 bits per heavy atom. The summed E-state index contributed by atoms with van der Waals surface area (Å²) in [5, 5.41) is 0. The van der Waals surface area contributed by atoms with Gasteiger partial charge in [-0.25, -0.2) is 0 Å². The van der Waals surface area contributed by atoms with E-state index in [0.717, 1.165) is 77.0 Å². The summed E-state index contributed by atoms with van der Waals surface area (Å²) in [4.78, 5) is 38.2. The van der Waals surface area contributed by atoms with E-state index in [2.05, 4.69) is 69.4 Å². The molecule has 0 fully saturated rings. The maximum absolute atomic E-state index is 12.9. The number of rotatable bonds is 54. The minimum atomic E-state index is -0.782. The van der Waals surface area contributed by atoms with Crippen molar-refractivity contribution in [1.82, 2.24) is 0 Å². The highest BCUT2D eigenvalue weighted by Gasteiger charge is 2.19. The normalized spacial score (nSPS) is 12.3. The van der Waals surface area contributed by atoms with Crippen LogP contribution in [-0.2, 0) is 28.6 Å². The minimum absolute atomic E-state index is 0.0801. The van der Waals surface area contributed by atoms with Gasteiger partial charge in [0, 0.05) is 19.3 Å². The molecule has 1 unspecified atom stereocenters. The number of hydrogen-bond acceptors (Lipinski definition) is 6. The summed E-state index contributed by atoms with van der Waals surface area (Å²) in [5.41, 5.74) is 0. The van der Waals surface area contributed by atoms with Crippen LogP contribution < -0.4 is 0 Å². The number of ether oxygens (including phenoxy) is 3. The summed E-state index contributed by atoms with van der Waals surface area (Å²) in [6.45, 7) is 6.62. The van der Waals surface area contributed by atoms with Gasteiger partial charge in [0.05, 0.1) is 0 Å². The zero-order valence-electron chi connectivity index (χ0n) is 45.4. The van der Waals surface area contributed by atoms with Crippen LogP contribution in [0.3, 0.4) is 0 Å². The molecule has 0 bridgehead atoms. The first kappa shape index (κ1) is 65.4. The van der Waals surface area contributed by atoms with Crippen molar-refractivity contribution in [2.75, 3.05) is 13.2 Å². The van der Waals surface area contributed by atoms with Gasteiger partial charge in [-0.1, -0.05) is 236 Å². The summed E-state index contributed by atoms with van der Waals surface area (Å²) in [6, 6.07) is 0. The summed E-state index contributed by atoms with van der Waals surface area (Å²) >= 11 is 0. The summed E-state index contributed by atoms with van der Waals surface area (Å²) < 4.78 is 16.9. The summed E-state index contributed by atoms with van der Waals surface area (Å²) in [7, 11) is 0. The fourth-order valence-electron chi connectivity index (χ4n) is 8.52. The predicted octanol–water partition coefficient (Wildman–Crippen LogP) is 19.8. The Bertz CT molecular complexity index is 1190. The molecule has 0 saturated heterocycles. The van der Waals surface area contributed by atoms with Crippen molar-refractivity contribution in [3.63, 3.8) is 0 Å². The molecule has 0 aromatic rings. The van der Waals surface area contributed by atoms with Crippen molar-refractivity contribution in [1.29, 1.82) is 0 Å². The number of esters is 3. The van der Waals surface area contributed by atoms with Crippen LogP contribution >= 0.6 is 0 Å². The van der Waals surface area contributed by atoms with Crippen LogP contribution in [0.15, 0.2) is 48.6 Å². The monoisotopic (exact) mass is 953 g/mol. The van der Waals surface area contributed by atoms with Crippen LogP contribution in [0.4, 0.5) is 0 Å². The van der Waals surface area contributed by atoms with Gasteiger partial charge in [-0.05, 0) is 103 Å². The lowest BCUT2D eigenvalue weighted by atomic mass is 10.1. The average Bonchev–Trinajstić information content (AvgIpc) is 3.34. The highest BCUT2D eigenvalue weighted by molar-refractivity contribution is 5.71. The van der Waals surface area contributed by atoms with Gasteiger partial charge in [-0.3, -0.25) is 14.4 Å². The van der Waals surface area contributed by atoms with E-state index in [4.69, 9.17) is 14.2 Å². The SMILES string of the molecule is CCCCC/C=C\C/C=C\CCCCCCCC(=O)OCC(COC(=O)CCCCCCCCC/C=C\CCCCCCCCC)OC(=O)CCCCCCCCC/C=C\CCCCCCCC. The fourth-order valence-corrected chi connectivity index (χ4v) is 8.52. The van der Waals surface area contributed by atoms with Crippen molar-refractivity contribution in [3.05, 3.63) is 48.6 Å². The highest BCUT2D eigenvalue weighted by Crippen LogP contribution is 2.15. The Hall–Kier alpha value is -2.63. The van der Waals surface area contributed by atoms with Crippen LogP contribution in [0.1, 0.15) is 310 Å². The Balaban J connectivity index is 4.38. The Kier molecular flexibility index (Phi) is 54.8.